The zero-order valence-corrected chi connectivity index (χ0v) is 11.4. The van der Waals surface area contributed by atoms with E-state index in [-0.39, 0.29) is 12.5 Å². The number of carbonyl (C=O) groups is 1. The van der Waals surface area contributed by atoms with Gasteiger partial charge in [-0.05, 0) is 12.1 Å². The smallest absolute Gasteiger partial charge is 0.243 e. The van der Waals surface area contributed by atoms with Gasteiger partial charge in [0, 0.05) is 49.2 Å². The van der Waals surface area contributed by atoms with Crippen molar-refractivity contribution in [3.05, 3.63) is 36.9 Å². The summed E-state index contributed by atoms with van der Waals surface area (Å²) < 4.78 is 1.62. The van der Waals surface area contributed by atoms with Gasteiger partial charge < -0.3 is 9.88 Å². The maximum Gasteiger partial charge on any atom is 0.243 e. The number of aromatic amines is 1. The lowest BCUT2D eigenvalue weighted by Crippen LogP contribution is -2.26. The zero-order chi connectivity index (χ0) is 14.1. The molecule has 0 spiro atoms. The van der Waals surface area contributed by atoms with E-state index >= 15 is 0 Å². The minimum atomic E-state index is 0.00688. The molecule has 0 fully saturated rings. The van der Waals surface area contributed by atoms with Crippen LogP contribution in [0.3, 0.4) is 0 Å². The molecule has 20 heavy (non-hydrogen) atoms. The lowest BCUT2D eigenvalue weighted by atomic mass is 10.2. The predicted octanol–water partition coefficient (Wildman–Crippen LogP) is 1.51. The molecule has 3 heterocycles. The minimum Gasteiger partial charge on any atom is -0.361 e. The van der Waals surface area contributed by atoms with E-state index in [0.29, 0.717) is 0 Å². The number of pyridine rings is 1. The van der Waals surface area contributed by atoms with Crippen molar-refractivity contribution in [1.29, 1.82) is 0 Å². The molecule has 0 saturated carbocycles. The third kappa shape index (κ3) is 2.27. The van der Waals surface area contributed by atoms with Gasteiger partial charge in [0.05, 0.1) is 11.9 Å². The molecular weight excluding hydrogens is 254 g/mol. The molecule has 3 aromatic rings. The Morgan fingerprint density at radius 1 is 1.40 bits per heavy atom. The lowest BCUT2D eigenvalue weighted by molar-refractivity contribution is -0.129. The van der Waals surface area contributed by atoms with Crippen LogP contribution in [0.4, 0.5) is 0 Å². The largest absolute Gasteiger partial charge is 0.361 e. The average Bonchev–Trinajstić information content (AvgIpc) is 3.05. The van der Waals surface area contributed by atoms with Crippen molar-refractivity contribution in [3.8, 4) is 11.3 Å². The van der Waals surface area contributed by atoms with Crippen LogP contribution in [0.15, 0.2) is 36.9 Å². The molecule has 0 aliphatic carbocycles. The van der Waals surface area contributed by atoms with Crippen molar-refractivity contribution < 1.29 is 4.79 Å². The average molecular weight is 269 g/mol. The molecule has 1 amide bonds. The molecule has 0 unspecified atom stereocenters. The molecule has 0 aliphatic heterocycles. The molecule has 102 valence electrons. The van der Waals surface area contributed by atoms with Crippen LogP contribution in [0.5, 0.6) is 0 Å². The maximum absolute atomic E-state index is 11.6. The van der Waals surface area contributed by atoms with E-state index in [4.69, 9.17) is 0 Å². The van der Waals surface area contributed by atoms with Crippen LogP contribution in [0.1, 0.15) is 0 Å². The Hall–Kier alpha value is -2.63. The first-order valence-electron chi connectivity index (χ1n) is 6.29. The second-order valence-corrected chi connectivity index (χ2v) is 4.85. The fraction of sp³-hybridized carbons (Fsp3) is 0.214. The van der Waals surface area contributed by atoms with E-state index in [1.165, 1.54) is 0 Å². The van der Waals surface area contributed by atoms with Crippen LogP contribution in [-0.2, 0) is 11.3 Å². The maximum atomic E-state index is 11.6. The van der Waals surface area contributed by atoms with E-state index < -0.39 is 0 Å². The second-order valence-electron chi connectivity index (χ2n) is 4.85. The molecule has 0 radical (unpaired) electrons. The minimum absolute atomic E-state index is 0.00688. The number of likely N-dealkylation sites (N-methyl/N-ethyl adjacent to an activating group) is 1. The Morgan fingerprint density at radius 2 is 2.25 bits per heavy atom. The Labute approximate surface area is 116 Å². The Kier molecular flexibility index (Phi) is 2.98. The SMILES string of the molecule is CN(C)C(=O)Cn1cc(-c2cc3[nH]ccc3cn2)cn1. The van der Waals surface area contributed by atoms with Gasteiger partial charge in [-0.1, -0.05) is 0 Å². The van der Waals surface area contributed by atoms with Crippen molar-refractivity contribution in [2.24, 2.45) is 0 Å². The first-order chi connectivity index (χ1) is 9.63. The van der Waals surface area contributed by atoms with Crippen molar-refractivity contribution in [2.45, 2.75) is 6.54 Å². The molecular formula is C14H15N5O. The van der Waals surface area contributed by atoms with Crippen LogP contribution in [0.2, 0.25) is 0 Å². The summed E-state index contributed by atoms with van der Waals surface area (Å²) in [4.78, 5) is 20.8. The lowest BCUT2D eigenvalue weighted by Gasteiger charge is -2.09. The number of nitrogens with one attached hydrogen (secondary N) is 1. The normalized spacial score (nSPS) is 10.9. The summed E-state index contributed by atoms with van der Waals surface area (Å²) in [6.07, 6.45) is 7.26. The number of H-pyrrole nitrogens is 1. The summed E-state index contributed by atoms with van der Waals surface area (Å²) in [5.41, 5.74) is 2.77. The summed E-state index contributed by atoms with van der Waals surface area (Å²) in [6, 6.07) is 3.95. The van der Waals surface area contributed by atoms with Crippen molar-refractivity contribution in [2.75, 3.05) is 14.1 Å². The second kappa shape index (κ2) is 4.80. The quantitative estimate of drug-likeness (QED) is 0.783. The molecule has 3 aromatic heterocycles. The molecule has 6 nitrogen and oxygen atoms in total. The van der Waals surface area contributed by atoms with Gasteiger partial charge in [-0.3, -0.25) is 14.5 Å². The summed E-state index contributed by atoms with van der Waals surface area (Å²) in [5, 5.41) is 5.27. The van der Waals surface area contributed by atoms with E-state index in [1.807, 2.05) is 30.7 Å². The number of hydrogen-bond donors (Lipinski definition) is 1. The summed E-state index contributed by atoms with van der Waals surface area (Å²) in [7, 11) is 3.46. The fourth-order valence-electron chi connectivity index (χ4n) is 1.97. The van der Waals surface area contributed by atoms with Crippen molar-refractivity contribution in [1.82, 2.24) is 24.6 Å². The van der Waals surface area contributed by atoms with Crippen molar-refractivity contribution in [3.63, 3.8) is 0 Å². The third-order valence-corrected chi connectivity index (χ3v) is 3.16. The van der Waals surface area contributed by atoms with E-state index in [2.05, 4.69) is 15.1 Å². The highest BCUT2D eigenvalue weighted by atomic mass is 16.2. The highest BCUT2D eigenvalue weighted by molar-refractivity contribution is 5.82. The van der Waals surface area contributed by atoms with Gasteiger partial charge in [0.1, 0.15) is 6.54 Å². The monoisotopic (exact) mass is 269 g/mol. The highest BCUT2D eigenvalue weighted by Gasteiger charge is 2.09. The first-order valence-corrected chi connectivity index (χ1v) is 6.29. The third-order valence-electron chi connectivity index (χ3n) is 3.16. The molecule has 0 aromatic carbocycles. The Balaban J connectivity index is 1.87. The molecule has 0 saturated heterocycles. The number of hydrogen-bond acceptors (Lipinski definition) is 3. The molecule has 3 rings (SSSR count). The van der Waals surface area contributed by atoms with Crippen LogP contribution in [0.25, 0.3) is 22.2 Å². The number of carbonyl (C=O) groups excluding carboxylic acids is 1. The highest BCUT2D eigenvalue weighted by Crippen LogP contribution is 2.20. The molecule has 1 N–H and O–H groups in total. The molecule has 0 bridgehead atoms. The van der Waals surface area contributed by atoms with Gasteiger partial charge in [-0.15, -0.1) is 0 Å². The van der Waals surface area contributed by atoms with E-state index in [1.54, 1.807) is 29.9 Å². The number of amides is 1. The standard InChI is InChI=1S/C14H15N5O/c1-18(2)14(20)9-19-8-11(7-17-19)13-5-12-10(6-16-13)3-4-15-12/h3-8,15H,9H2,1-2H3. The van der Waals surface area contributed by atoms with E-state index in [9.17, 15) is 4.79 Å². The Bertz CT molecular complexity index is 756. The Morgan fingerprint density at radius 3 is 3.05 bits per heavy atom. The zero-order valence-electron chi connectivity index (χ0n) is 11.4. The van der Waals surface area contributed by atoms with Crippen LogP contribution < -0.4 is 0 Å². The fourth-order valence-corrected chi connectivity index (χ4v) is 1.97. The van der Waals surface area contributed by atoms with Gasteiger partial charge in [0.15, 0.2) is 0 Å². The summed E-state index contributed by atoms with van der Waals surface area (Å²) in [5.74, 6) is 0.00688. The molecule has 0 aliphatic rings. The number of rotatable bonds is 3. The topological polar surface area (TPSA) is 66.8 Å². The van der Waals surface area contributed by atoms with Gasteiger partial charge >= 0.3 is 0 Å². The number of nitrogens with zero attached hydrogens (tertiary/aromatic N) is 4. The van der Waals surface area contributed by atoms with Gasteiger partial charge in [0.2, 0.25) is 5.91 Å². The number of fused-ring (bicyclic) bond motifs is 1. The molecule has 6 heteroatoms. The van der Waals surface area contributed by atoms with Gasteiger partial charge in [0.25, 0.3) is 0 Å². The number of aromatic nitrogens is 4. The van der Waals surface area contributed by atoms with Crippen LogP contribution in [-0.4, -0.2) is 44.7 Å². The predicted molar refractivity (Wildman–Crippen MR) is 76.0 cm³/mol. The first kappa shape index (κ1) is 12.4. The van der Waals surface area contributed by atoms with Gasteiger partial charge in [-0.2, -0.15) is 5.10 Å². The van der Waals surface area contributed by atoms with Crippen LogP contribution >= 0.6 is 0 Å². The van der Waals surface area contributed by atoms with E-state index in [0.717, 1.165) is 22.2 Å². The summed E-state index contributed by atoms with van der Waals surface area (Å²) in [6.45, 7) is 0.234. The van der Waals surface area contributed by atoms with Crippen LogP contribution in [0, 0.1) is 0 Å². The van der Waals surface area contributed by atoms with Gasteiger partial charge in [-0.25, -0.2) is 0 Å². The van der Waals surface area contributed by atoms with Crippen molar-refractivity contribution >= 4 is 16.8 Å². The molecule has 0 atom stereocenters. The summed E-state index contributed by atoms with van der Waals surface area (Å²) >= 11 is 0.